The molecule has 0 aliphatic heterocycles. The van der Waals surface area contributed by atoms with E-state index in [0.717, 1.165) is 19.3 Å². The zero-order valence-electron chi connectivity index (χ0n) is 13.9. The van der Waals surface area contributed by atoms with Crippen molar-refractivity contribution in [3.8, 4) is 0 Å². The molecule has 4 fully saturated rings. The van der Waals surface area contributed by atoms with Crippen LogP contribution < -0.4 is 0 Å². The third-order valence-corrected chi connectivity index (χ3v) is 5.94. The zero-order chi connectivity index (χ0) is 18.3. The Morgan fingerprint density at radius 2 is 0.920 bits per heavy atom. The molecule has 6 nitrogen and oxygen atoms in total. The number of aliphatic carboxylic acids is 3. The highest BCUT2D eigenvalue weighted by Gasteiger charge is 2.60. The van der Waals surface area contributed by atoms with E-state index in [9.17, 15) is 14.4 Å². The molecular formula is C19H22O6. The highest BCUT2D eigenvalue weighted by atomic mass is 16.4. The highest BCUT2D eigenvalue weighted by molar-refractivity contribution is 5.81. The molecule has 0 aromatic carbocycles. The van der Waals surface area contributed by atoms with Gasteiger partial charge in [-0.15, -0.1) is 0 Å². The first kappa shape index (κ1) is 17.5. The zero-order valence-corrected chi connectivity index (χ0v) is 13.9. The molecule has 3 N–H and O–H groups in total. The summed E-state index contributed by atoms with van der Waals surface area (Å²) in [7, 11) is 0. The molecular weight excluding hydrogens is 324 g/mol. The van der Waals surface area contributed by atoms with E-state index in [1.54, 1.807) is 18.2 Å². The minimum atomic E-state index is -0.999. The smallest absolute Gasteiger partial charge is 0.327 e. The number of rotatable bonds is 6. The second-order valence-electron chi connectivity index (χ2n) is 8.11. The summed E-state index contributed by atoms with van der Waals surface area (Å²) < 4.78 is 0. The van der Waals surface area contributed by atoms with Crippen molar-refractivity contribution < 1.29 is 29.7 Å². The second kappa shape index (κ2) is 5.86. The molecule has 0 saturated heterocycles. The van der Waals surface area contributed by atoms with Crippen LogP contribution in [0.5, 0.6) is 0 Å². The Morgan fingerprint density at radius 3 is 1.16 bits per heavy atom. The molecule has 0 unspecified atom stereocenters. The Hall–Kier alpha value is -2.37. The Kier molecular flexibility index (Phi) is 4.09. The van der Waals surface area contributed by atoms with Gasteiger partial charge in [-0.25, -0.2) is 14.4 Å². The van der Waals surface area contributed by atoms with Gasteiger partial charge in [-0.3, -0.25) is 0 Å². The van der Waals surface area contributed by atoms with Crippen LogP contribution in [0.1, 0.15) is 38.5 Å². The lowest BCUT2D eigenvalue weighted by Crippen LogP contribution is -2.55. The van der Waals surface area contributed by atoms with Gasteiger partial charge >= 0.3 is 17.9 Å². The molecule has 4 bridgehead atoms. The maximum absolute atomic E-state index is 11.0. The predicted octanol–water partition coefficient (Wildman–Crippen LogP) is 2.87. The molecule has 4 aliphatic rings. The number of carboxylic acid groups (broad SMARTS) is 3. The van der Waals surface area contributed by atoms with Crippen molar-refractivity contribution in [1.29, 1.82) is 0 Å². The van der Waals surface area contributed by atoms with Crippen LogP contribution in [0.25, 0.3) is 0 Å². The second-order valence-corrected chi connectivity index (χ2v) is 8.11. The van der Waals surface area contributed by atoms with Gasteiger partial charge in [0.2, 0.25) is 0 Å². The van der Waals surface area contributed by atoms with E-state index in [1.807, 2.05) is 0 Å². The average molecular weight is 346 g/mol. The van der Waals surface area contributed by atoms with Gasteiger partial charge in [0, 0.05) is 18.2 Å². The molecule has 6 heteroatoms. The lowest BCUT2D eigenvalue weighted by atomic mass is 9.39. The fourth-order valence-corrected chi connectivity index (χ4v) is 5.97. The van der Waals surface area contributed by atoms with Crippen molar-refractivity contribution in [3.63, 3.8) is 0 Å². The van der Waals surface area contributed by atoms with Crippen molar-refractivity contribution in [2.45, 2.75) is 38.5 Å². The van der Waals surface area contributed by atoms with E-state index in [4.69, 9.17) is 15.3 Å². The van der Waals surface area contributed by atoms with Gasteiger partial charge in [-0.1, -0.05) is 18.2 Å². The van der Waals surface area contributed by atoms with Crippen LogP contribution in [0.4, 0.5) is 0 Å². The fraction of sp³-hybridized carbons (Fsp3) is 0.526. The maximum Gasteiger partial charge on any atom is 0.327 e. The lowest BCUT2D eigenvalue weighted by Gasteiger charge is -2.65. The Bertz CT molecular complexity index is 598. The Morgan fingerprint density at radius 1 is 0.640 bits per heavy atom. The van der Waals surface area contributed by atoms with Crippen LogP contribution in [0.3, 0.4) is 0 Å². The van der Waals surface area contributed by atoms with Crippen LogP contribution in [-0.2, 0) is 14.4 Å². The summed E-state index contributed by atoms with van der Waals surface area (Å²) in [5.74, 6) is -2.66. The van der Waals surface area contributed by atoms with E-state index in [1.165, 1.54) is 18.2 Å². The molecule has 0 amide bonds. The van der Waals surface area contributed by atoms with Gasteiger partial charge in [0.15, 0.2) is 0 Å². The quantitative estimate of drug-likeness (QED) is 0.638. The van der Waals surface area contributed by atoms with Gasteiger partial charge in [0.25, 0.3) is 0 Å². The Balaban J connectivity index is 2.02. The predicted molar refractivity (Wildman–Crippen MR) is 88.8 cm³/mol. The molecule has 4 saturated carbocycles. The van der Waals surface area contributed by atoms with Gasteiger partial charge in [-0.05, 0) is 60.7 Å². The maximum atomic E-state index is 11.0. The third-order valence-electron chi connectivity index (χ3n) is 5.94. The van der Waals surface area contributed by atoms with Crippen LogP contribution in [-0.4, -0.2) is 33.2 Å². The fourth-order valence-electron chi connectivity index (χ4n) is 5.97. The number of carboxylic acids is 3. The van der Waals surface area contributed by atoms with Gasteiger partial charge in [-0.2, -0.15) is 0 Å². The molecule has 4 rings (SSSR count). The van der Waals surface area contributed by atoms with Crippen LogP contribution in [0.15, 0.2) is 36.5 Å². The monoisotopic (exact) mass is 346 g/mol. The van der Waals surface area contributed by atoms with Crippen molar-refractivity contribution in [2.24, 2.45) is 22.2 Å². The summed E-state index contributed by atoms with van der Waals surface area (Å²) in [6, 6.07) is 0. The first-order chi connectivity index (χ1) is 11.7. The van der Waals surface area contributed by atoms with Gasteiger partial charge in [0.05, 0.1) is 0 Å². The minimum Gasteiger partial charge on any atom is -0.478 e. The highest BCUT2D eigenvalue weighted by Crippen LogP contribution is 2.71. The number of allylic oxidation sites excluding steroid dienone is 3. The summed E-state index contributed by atoms with van der Waals surface area (Å²) in [6.07, 6.45) is 13.6. The van der Waals surface area contributed by atoms with Crippen molar-refractivity contribution >= 4 is 17.9 Å². The number of hydrogen-bond acceptors (Lipinski definition) is 3. The Labute approximate surface area is 145 Å². The number of hydrogen-bond donors (Lipinski definition) is 3. The molecule has 0 heterocycles. The molecule has 0 atom stereocenters. The number of carbonyl (C=O) groups is 3. The SMILES string of the molecule is O=C(O)C=CC12CC3CC(C=CC(=O)O)(C1)CC(C=CC(=O)O)(C3)C2. The molecule has 134 valence electrons. The van der Waals surface area contributed by atoms with E-state index in [-0.39, 0.29) is 16.2 Å². The molecule has 25 heavy (non-hydrogen) atoms. The summed E-state index contributed by atoms with van der Waals surface area (Å²) >= 11 is 0. The molecule has 0 aromatic rings. The summed E-state index contributed by atoms with van der Waals surface area (Å²) in [4.78, 5) is 33.0. The first-order valence-corrected chi connectivity index (χ1v) is 8.42. The minimum absolute atomic E-state index is 0.316. The lowest BCUT2D eigenvalue weighted by molar-refractivity contribution is -0.132. The topological polar surface area (TPSA) is 112 Å². The largest absolute Gasteiger partial charge is 0.478 e. The van der Waals surface area contributed by atoms with Crippen molar-refractivity contribution in [2.75, 3.05) is 0 Å². The summed E-state index contributed by atoms with van der Waals surface area (Å²) in [5.41, 5.74) is -0.948. The normalized spacial score (nSPS) is 39.6. The van der Waals surface area contributed by atoms with E-state index >= 15 is 0 Å². The van der Waals surface area contributed by atoms with Crippen molar-refractivity contribution in [1.82, 2.24) is 0 Å². The average Bonchev–Trinajstić information content (AvgIpc) is 2.48. The molecule has 0 spiro atoms. The van der Waals surface area contributed by atoms with Crippen molar-refractivity contribution in [3.05, 3.63) is 36.5 Å². The molecule has 4 aliphatic carbocycles. The van der Waals surface area contributed by atoms with Crippen LogP contribution in [0, 0.1) is 22.2 Å². The van der Waals surface area contributed by atoms with Crippen LogP contribution in [0.2, 0.25) is 0 Å². The van der Waals surface area contributed by atoms with Gasteiger partial charge < -0.3 is 15.3 Å². The van der Waals surface area contributed by atoms with E-state index in [2.05, 4.69) is 0 Å². The van der Waals surface area contributed by atoms with Gasteiger partial charge in [0.1, 0.15) is 0 Å². The molecule has 0 aromatic heterocycles. The molecule has 0 radical (unpaired) electrons. The van der Waals surface area contributed by atoms with E-state index < -0.39 is 17.9 Å². The first-order valence-electron chi connectivity index (χ1n) is 8.42. The van der Waals surface area contributed by atoms with E-state index in [0.29, 0.717) is 25.2 Å². The van der Waals surface area contributed by atoms with Crippen LogP contribution >= 0.6 is 0 Å². The standard InChI is InChI=1S/C19H22O6/c20-14(21)1-4-17-7-13-8-18(10-17,5-2-15(22)23)12-19(9-13,11-17)6-3-16(24)25/h1-6,13H,7-12H2,(H,20,21)(H,22,23)(H,24,25). The summed E-state index contributed by atoms with van der Waals surface area (Å²) in [5, 5.41) is 27.1. The third kappa shape index (κ3) is 3.52. The summed E-state index contributed by atoms with van der Waals surface area (Å²) in [6.45, 7) is 0.